The van der Waals surface area contributed by atoms with E-state index >= 15 is 0 Å². The summed E-state index contributed by atoms with van der Waals surface area (Å²) in [5.74, 6) is 0.594. The fourth-order valence-corrected chi connectivity index (χ4v) is 1.75. The highest BCUT2D eigenvalue weighted by Gasteiger charge is 2.08. The van der Waals surface area contributed by atoms with Gasteiger partial charge in [-0.05, 0) is 36.2 Å². The summed E-state index contributed by atoms with van der Waals surface area (Å²) in [6.45, 7) is 2.40. The number of hydrogen-bond acceptors (Lipinski definition) is 3. The molecule has 19 heavy (non-hydrogen) atoms. The number of carbonyl (C=O) groups is 1. The number of rotatable bonds is 4. The van der Waals surface area contributed by atoms with Crippen molar-refractivity contribution in [2.45, 2.75) is 13.5 Å². The van der Waals surface area contributed by atoms with Gasteiger partial charge in [0.1, 0.15) is 5.75 Å². The van der Waals surface area contributed by atoms with E-state index < -0.39 is 0 Å². The third-order valence-corrected chi connectivity index (χ3v) is 2.85. The first-order chi connectivity index (χ1) is 9.20. The van der Waals surface area contributed by atoms with Crippen molar-refractivity contribution in [2.24, 2.45) is 0 Å². The first-order valence-corrected chi connectivity index (χ1v) is 6.02. The van der Waals surface area contributed by atoms with Gasteiger partial charge in [0.25, 0.3) is 5.91 Å². The van der Waals surface area contributed by atoms with Gasteiger partial charge in [-0.25, -0.2) is 0 Å². The van der Waals surface area contributed by atoms with E-state index in [9.17, 15) is 4.79 Å². The predicted molar refractivity (Wildman–Crippen MR) is 73.1 cm³/mol. The Morgan fingerprint density at radius 3 is 2.89 bits per heavy atom. The molecule has 0 aliphatic carbocycles. The highest BCUT2D eigenvalue weighted by molar-refractivity contribution is 5.94. The molecule has 0 unspecified atom stereocenters. The lowest BCUT2D eigenvalue weighted by Gasteiger charge is -2.08. The van der Waals surface area contributed by atoms with Crippen molar-refractivity contribution in [1.29, 1.82) is 0 Å². The van der Waals surface area contributed by atoms with Crippen molar-refractivity contribution in [3.8, 4) is 5.75 Å². The molecule has 0 fully saturated rings. The number of aryl methyl sites for hydroxylation is 1. The second-order valence-electron chi connectivity index (χ2n) is 4.23. The Balaban J connectivity index is 2.04. The average Bonchev–Trinajstić information content (AvgIpc) is 2.46. The number of nitrogens with one attached hydrogen (secondary N) is 1. The van der Waals surface area contributed by atoms with Gasteiger partial charge in [-0.15, -0.1) is 0 Å². The molecular weight excluding hydrogens is 240 g/mol. The van der Waals surface area contributed by atoms with Gasteiger partial charge in [-0.2, -0.15) is 0 Å². The number of hydrogen-bond donors (Lipinski definition) is 1. The number of pyridine rings is 1. The quantitative estimate of drug-likeness (QED) is 0.913. The minimum atomic E-state index is -0.123. The van der Waals surface area contributed by atoms with E-state index in [1.807, 2.05) is 25.1 Å². The van der Waals surface area contributed by atoms with Crippen LogP contribution < -0.4 is 10.1 Å². The van der Waals surface area contributed by atoms with Crippen LogP contribution in [0, 0.1) is 6.92 Å². The summed E-state index contributed by atoms with van der Waals surface area (Å²) in [7, 11) is 1.60. The number of methoxy groups -OCH3 is 1. The van der Waals surface area contributed by atoms with Crippen molar-refractivity contribution in [2.75, 3.05) is 7.11 Å². The van der Waals surface area contributed by atoms with Crippen molar-refractivity contribution >= 4 is 5.91 Å². The molecule has 4 heteroatoms. The number of aromatic nitrogens is 1. The zero-order valence-electron chi connectivity index (χ0n) is 11.0. The van der Waals surface area contributed by atoms with Crippen molar-refractivity contribution in [3.05, 3.63) is 59.4 Å². The Morgan fingerprint density at radius 1 is 1.37 bits per heavy atom. The lowest BCUT2D eigenvalue weighted by molar-refractivity contribution is 0.0950. The largest absolute Gasteiger partial charge is 0.496 e. The second-order valence-corrected chi connectivity index (χ2v) is 4.23. The van der Waals surface area contributed by atoms with Crippen LogP contribution in [0.2, 0.25) is 0 Å². The van der Waals surface area contributed by atoms with Crippen LogP contribution in [0.25, 0.3) is 0 Å². The predicted octanol–water partition coefficient (Wildman–Crippen LogP) is 2.33. The molecule has 1 aromatic carbocycles. The SMILES string of the molecule is COc1cc(C(=O)NCc2cccnc2)ccc1C. The molecule has 0 bridgehead atoms. The molecule has 0 saturated carbocycles. The van der Waals surface area contributed by atoms with E-state index in [1.54, 1.807) is 31.6 Å². The maximum absolute atomic E-state index is 12.0. The van der Waals surface area contributed by atoms with Crippen molar-refractivity contribution < 1.29 is 9.53 Å². The minimum Gasteiger partial charge on any atom is -0.496 e. The molecule has 1 amide bonds. The van der Waals surface area contributed by atoms with E-state index in [0.717, 1.165) is 11.1 Å². The number of ether oxygens (including phenoxy) is 1. The smallest absolute Gasteiger partial charge is 0.251 e. The van der Waals surface area contributed by atoms with E-state index in [1.165, 1.54) is 0 Å². The standard InChI is InChI=1S/C15H16N2O2/c1-11-5-6-13(8-14(11)19-2)15(18)17-10-12-4-3-7-16-9-12/h3-9H,10H2,1-2H3,(H,17,18). The van der Waals surface area contributed by atoms with Gasteiger partial charge < -0.3 is 10.1 Å². The van der Waals surface area contributed by atoms with Gasteiger partial charge in [0.2, 0.25) is 0 Å². The van der Waals surface area contributed by atoms with E-state index in [2.05, 4.69) is 10.3 Å². The van der Waals surface area contributed by atoms with Gasteiger partial charge in [0.15, 0.2) is 0 Å². The lowest BCUT2D eigenvalue weighted by Crippen LogP contribution is -2.22. The van der Waals surface area contributed by atoms with Gasteiger partial charge in [0.05, 0.1) is 7.11 Å². The average molecular weight is 256 g/mol. The summed E-state index contributed by atoms with van der Waals surface area (Å²) in [5.41, 5.74) is 2.56. The molecule has 2 rings (SSSR count). The molecule has 0 aliphatic rings. The Kier molecular flexibility index (Phi) is 4.13. The first-order valence-electron chi connectivity index (χ1n) is 6.02. The molecule has 1 N–H and O–H groups in total. The van der Waals surface area contributed by atoms with Crippen molar-refractivity contribution in [1.82, 2.24) is 10.3 Å². The topological polar surface area (TPSA) is 51.2 Å². The molecule has 1 aromatic heterocycles. The summed E-state index contributed by atoms with van der Waals surface area (Å²) in [6.07, 6.45) is 3.44. The zero-order valence-corrected chi connectivity index (χ0v) is 11.0. The van der Waals surface area contributed by atoms with Crippen LogP contribution in [-0.4, -0.2) is 18.0 Å². The normalized spacial score (nSPS) is 10.0. The maximum atomic E-state index is 12.0. The first kappa shape index (κ1) is 13.1. The number of benzene rings is 1. The highest BCUT2D eigenvalue weighted by Crippen LogP contribution is 2.18. The van der Waals surface area contributed by atoms with Crippen LogP contribution >= 0.6 is 0 Å². The molecule has 98 valence electrons. The Morgan fingerprint density at radius 2 is 2.21 bits per heavy atom. The summed E-state index contributed by atoms with van der Waals surface area (Å²) in [6, 6.07) is 9.17. The molecule has 4 nitrogen and oxygen atoms in total. The second kappa shape index (κ2) is 6.00. The number of nitrogens with zero attached hydrogens (tertiary/aromatic N) is 1. The molecule has 0 atom stereocenters. The van der Waals surface area contributed by atoms with Crippen LogP contribution in [0.1, 0.15) is 21.5 Å². The fraction of sp³-hybridized carbons (Fsp3) is 0.200. The minimum absolute atomic E-state index is 0.123. The van der Waals surface area contributed by atoms with Gasteiger partial charge in [-0.1, -0.05) is 12.1 Å². The summed E-state index contributed by atoms with van der Waals surface area (Å²) >= 11 is 0. The number of amides is 1. The maximum Gasteiger partial charge on any atom is 0.251 e. The van der Waals surface area contributed by atoms with Crippen molar-refractivity contribution in [3.63, 3.8) is 0 Å². The Bertz CT molecular complexity index is 568. The molecule has 0 saturated heterocycles. The Hall–Kier alpha value is -2.36. The van der Waals surface area contributed by atoms with Gasteiger partial charge in [0, 0.05) is 24.5 Å². The molecule has 0 radical (unpaired) electrons. The highest BCUT2D eigenvalue weighted by atomic mass is 16.5. The monoisotopic (exact) mass is 256 g/mol. The van der Waals surface area contributed by atoms with Crippen LogP contribution in [0.15, 0.2) is 42.7 Å². The van der Waals surface area contributed by atoms with E-state index in [4.69, 9.17) is 4.74 Å². The summed E-state index contributed by atoms with van der Waals surface area (Å²) in [5, 5.41) is 2.85. The third-order valence-electron chi connectivity index (χ3n) is 2.85. The molecule has 1 heterocycles. The zero-order chi connectivity index (χ0) is 13.7. The van der Waals surface area contributed by atoms with Gasteiger partial charge >= 0.3 is 0 Å². The van der Waals surface area contributed by atoms with Crippen LogP contribution in [0.3, 0.4) is 0 Å². The lowest BCUT2D eigenvalue weighted by atomic mass is 10.1. The van der Waals surface area contributed by atoms with Gasteiger partial charge in [-0.3, -0.25) is 9.78 Å². The molecule has 0 spiro atoms. The fourth-order valence-electron chi connectivity index (χ4n) is 1.75. The molecular formula is C15H16N2O2. The van der Waals surface area contributed by atoms with E-state index in [0.29, 0.717) is 17.9 Å². The Labute approximate surface area is 112 Å². The molecule has 2 aromatic rings. The van der Waals surface area contributed by atoms with Crippen LogP contribution in [-0.2, 0) is 6.54 Å². The molecule has 0 aliphatic heterocycles. The van der Waals surface area contributed by atoms with Crippen LogP contribution in [0.5, 0.6) is 5.75 Å². The third kappa shape index (κ3) is 3.31. The van der Waals surface area contributed by atoms with Crippen LogP contribution in [0.4, 0.5) is 0 Å². The number of carbonyl (C=O) groups excluding carboxylic acids is 1. The van der Waals surface area contributed by atoms with E-state index in [-0.39, 0.29) is 5.91 Å². The summed E-state index contributed by atoms with van der Waals surface area (Å²) in [4.78, 5) is 16.0. The summed E-state index contributed by atoms with van der Waals surface area (Å²) < 4.78 is 5.21.